The van der Waals surface area contributed by atoms with Crippen LogP contribution in [-0.2, 0) is 17.6 Å². The van der Waals surface area contributed by atoms with Crippen molar-refractivity contribution < 1.29 is 4.79 Å². The number of hydrogen-bond donors (Lipinski definition) is 0. The minimum atomic E-state index is 0.0140. The van der Waals surface area contributed by atoms with E-state index >= 15 is 0 Å². The lowest BCUT2D eigenvalue weighted by atomic mass is 9.82. The van der Waals surface area contributed by atoms with Gasteiger partial charge in [0.05, 0.1) is 0 Å². The van der Waals surface area contributed by atoms with E-state index in [0.29, 0.717) is 5.92 Å². The number of carbonyl (C=O) groups excluding carboxylic acids is 1. The highest BCUT2D eigenvalue weighted by molar-refractivity contribution is 5.87. The molecule has 1 amide bonds. The molecule has 0 bridgehead atoms. The van der Waals surface area contributed by atoms with Crippen LogP contribution < -0.4 is 4.90 Å². The summed E-state index contributed by atoms with van der Waals surface area (Å²) in [5.41, 5.74) is 3.87. The number of carbonyl (C=O) groups is 1. The lowest BCUT2D eigenvalue weighted by Gasteiger charge is -2.37. The minimum absolute atomic E-state index is 0.0140. The van der Waals surface area contributed by atoms with Crippen LogP contribution in [0.15, 0.2) is 49.3 Å². The molecule has 1 saturated heterocycles. The van der Waals surface area contributed by atoms with Crippen LogP contribution >= 0.6 is 0 Å². The molecule has 1 aliphatic heterocycles. The molecule has 5 nitrogen and oxygen atoms in total. The topological polar surface area (TPSA) is 49.3 Å². The van der Waals surface area contributed by atoms with Crippen molar-refractivity contribution in [2.75, 3.05) is 31.1 Å². The van der Waals surface area contributed by atoms with Gasteiger partial charge in [0.25, 0.3) is 0 Å². The number of nitrogens with zero attached hydrogens (tertiary/aromatic N) is 4. The summed E-state index contributed by atoms with van der Waals surface area (Å²) < 4.78 is 0. The number of hydrogen-bond acceptors (Lipinski definition) is 4. The van der Waals surface area contributed by atoms with Crippen LogP contribution in [0.2, 0.25) is 0 Å². The Bertz CT molecular complexity index is 797. The van der Waals surface area contributed by atoms with Crippen molar-refractivity contribution in [3.05, 3.63) is 66.1 Å². The summed E-state index contributed by atoms with van der Waals surface area (Å²) in [6.07, 6.45) is 6.21. The summed E-state index contributed by atoms with van der Waals surface area (Å²) in [6.45, 7) is 6.64. The van der Waals surface area contributed by atoms with Gasteiger partial charge in [-0.1, -0.05) is 36.9 Å². The fourth-order valence-corrected chi connectivity index (χ4v) is 4.07. The predicted octanol–water partition coefficient (Wildman–Crippen LogP) is 2.58. The summed E-state index contributed by atoms with van der Waals surface area (Å²) in [5.74, 6) is 1.61. The first-order chi connectivity index (χ1) is 12.8. The number of aromatic nitrogens is 2. The summed E-state index contributed by atoms with van der Waals surface area (Å²) in [7, 11) is 0. The molecule has 1 aliphatic carbocycles. The molecular weight excluding hydrogens is 324 g/mol. The normalized spacial score (nSPS) is 19.8. The molecule has 2 aromatic rings. The largest absolute Gasteiger partial charge is 0.353 e. The maximum absolute atomic E-state index is 11.8. The van der Waals surface area contributed by atoms with Crippen LogP contribution in [0.4, 0.5) is 5.82 Å². The first kappa shape index (κ1) is 16.8. The van der Waals surface area contributed by atoms with Gasteiger partial charge in [-0.25, -0.2) is 9.97 Å². The van der Waals surface area contributed by atoms with Gasteiger partial charge < -0.3 is 9.80 Å². The van der Waals surface area contributed by atoms with E-state index in [2.05, 4.69) is 51.8 Å². The van der Waals surface area contributed by atoms with Crippen LogP contribution in [0.1, 0.15) is 29.2 Å². The second-order valence-corrected chi connectivity index (χ2v) is 6.99. The smallest absolute Gasteiger partial charge is 0.246 e. The highest BCUT2D eigenvalue weighted by Gasteiger charge is 2.27. The molecule has 1 aromatic heterocycles. The van der Waals surface area contributed by atoms with Gasteiger partial charge in [-0.2, -0.15) is 0 Å². The first-order valence-electron chi connectivity index (χ1n) is 9.30. The van der Waals surface area contributed by atoms with Gasteiger partial charge in [0.1, 0.15) is 12.1 Å². The van der Waals surface area contributed by atoms with Gasteiger partial charge in [0.15, 0.2) is 0 Å². The molecule has 1 aromatic carbocycles. The third-order valence-electron chi connectivity index (χ3n) is 5.53. The van der Waals surface area contributed by atoms with Gasteiger partial charge in [0.2, 0.25) is 5.91 Å². The van der Waals surface area contributed by atoms with E-state index < -0.39 is 0 Å². The quantitative estimate of drug-likeness (QED) is 0.800. The molecule has 1 atom stereocenters. The monoisotopic (exact) mass is 348 g/mol. The maximum Gasteiger partial charge on any atom is 0.246 e. The molecule has 0 spiro atoms. The van der Waals surface area contributed by atoms with E-state index in [1.165, 1.54) is 22.9 Å². The number of fused-ring (bicyclic) bond motifs is 1. The Morgan fingerprint density at radius 3 is 2.62 bits per heavy atom. The average molecular weight is 348 g/mol. The molecule has 5 heteroatoms. The zero-order chi connectivity index (χ0) is 17.9. The van der Waals surface area contributed by atoms with Crippen LogP contribution in [0.3, 0.4) is 0 Å². The molecule has 134 valence electrons. The number of amides is 1. The van der Waals surface area contributed by atoms with E-state index in [1.807, 2.05) is 4.90 Å². The Balaban J connectivity index is 1.51. The summed E-state index contributed by atoms with van der Waals surface area (Å²) in [6, 6.07) is 10.7. The Kier molecular flexibility index (Phi) is 4.69. The molecule has 0 radical (unpaired) electrons. The second-order valence-electron chi connectivity index (χ2n) is 6.99. The lowest BCUT2D eigenvalue weighted by molar-refractivity contribution is -0.126. The first-order valence-corrected chi connectivity index (χ1v) is 9.30. The summed E-state index contributed by atoms with van der Waals surface area (Å²) in [5, 5.41) is 0. The number of rotatable bonds is 3. The standard InChI is InChI=1S/C21H24N4O/c1-2-20(26)24-10-12-25(13-11-24)21-18-9-8-17(14-19(18)22-15-23-21)16-6-4-3-5-7-16/h2-7,15,17H,1,8-14H2. The van der Waals surface area contributed by atoms with E-state index in [4.69, 9.17) is 0 Å². The van der Waals surface area contributed by atoms with Gasteiger partial charge in [-0.15, -0.1) is 0 Å². The van der Waals surface area contributed by atoms with Gasteiger partial charge in [0, 0.05) is 37.4 Å². The molecule has 0 N–H and O–H groups in total. The highest BCUT2D eigenvalue weighted by Crippen LogP contribution is 2.35. The zero-order valence-corrected chi connectivity index (χ0v) is 15.0. The molecule has 26 heavy (non-hydrogen) atoms. The third kappa shape index (κ3) is 3.21. The summed E-state index contributed by atoms with van der Waals surface area (Å²) >= 11 is 0. The predicted molar refractivity (Wildman–Crippen MR) is 102 cm³/mol. The molecule has 1 fully saturated rings. The van der Waals surface area contributed by atoms with Crippen LogP contribution in [0.5, 0.6) is 0 Å². The number of piperazine rings is 1. The Hall–Kier alpha value is -2.69. The Labute approximate surface area is 154 Å². The second kappa shape index (κ2) is 7.28. The van der Waals surface area contributed by atoms with E-state index in [1.54, 1.807) is 6.33 Å². The fourth-order valence-electron chi connectivity index (χ4n) is 4.07. The van der Waals surface area contributed by atoms with Gasteiger partial charge in [-0.3, -0.25) is 4.79 Å². The van der Waals surface area contributed by atoms with E-state index in [-0.39, 0.29) is 5.91 Å². The van der Waals surface area contributed by atoms with Crippen molar-refractivity contribution in [1.82, 2.24) is 14.9 Å². The zero-order valence-electron chi connectivity index (χ0n) is 15.0. The van der Waals surface area contributed by atoms with Crippen molar-refractivity contribution in [2.45, 2.75) is 25.2 Å². The minimum Gasteiger partial charge on any atom is -0.353 e. The Morgan fingerprint density at radius 1 is 1.12 bits per heavy atom. The van der Waals surface area contributed by atoms with Crippen molar-refractivity contribution in [1.29, 1.82) is 0 Å². The van der Waals surface area contributed by atoms with Crippen molar-refractivity contribution in [2.24, 2.45) is 0 Å². The molecule has 0 saturated carbocycles. The molecule has 2 aliphatic rings. The SMILES string of the molecule is C=CC(=O)N1CCN(c2ncnc3c2CCC(c2ccccc2)C3)CC1. The molecule has 1 unspecified atom stereocenters. The fraction of sp³-hybridized carbons (Fsp3) is 0.381. The highest BCUT2D eigenvalue weighted by atomic mass is 16.2. The van der Waals surface area contributed by atoms with Gasteiger partial charge >= 0.3 is 0 Å². The number of anilines is 1. The van der Waals surface area contributed by atoms with Crippen LogP contribution in [-0.4, -0.2) is 47.0 Å². The molecule has 2 heterocycles. The lowest BCUT2D eigenvalue weighted by Crippen LogP contribution is -2.49. The molecule has 4 rings (SSSR count). The van der Waals surface area contributed by atoms with Gasteiger partial charge in [-0.05, 0) is 36.8 Å². The van der Waals surface area contributed by atoms with Crippen LogP contribution in [0, 0.1) is 0 Å². The van der Waals surface area contributed by atoms with Crippen molar-refractivity contribution in [3.63, 3.8) is 0 Å². The van der Waals surface area contributed by atoms with Crippen LogP contribution in [0.25, 0.3) is 0 Å². The number of benzene rings is 1. The van der Waals surface area contributed by atoms with E-state index in [0.717, 1.165) is 51.3 Å². The molecular formula is C21H24N4O. The van der Waals surface area contributed by atoms with Crippen molar-refractivity contribution >= 4 is 11.7 Å². The average Bonchev–Trinajstić information content (AvgIpc) is 2.73. The van der Waals surface area contributed by atoms with E-state index in [9.17, 15) is 4.79 Å². The maximum atomic E-state index is 11.8. The van der Waals surface area contributed by atoms with Crippen molar-refractivity contribution in [3.8, 4) is 0 Å². The summed E-state index contributed by atoms with van der Waals surface area (Å²) in [4.78, 5) is 25.1. The third-order valence-corrected chi connectivity index (χ3v) is 5.53. The Morgan fingerprint density at radius 2 is 1.88 bits per heavy atom.